The molecule has 6 nitrogen and oxygen atoms in total. The molecule has 1 aromatic heterocycles. The summed E-state index contributed by atoms with van der Waals surface area (Å²) in [6.07, 6.45) is -0.865. The number of morpholine rings is 1. The number of fused-ring (bicyclic) bond motifs is 1. The highest BCUT2D eigenvalue weighted by Gasteiger charge is 2.65. The summed E-state index contributed by atoms with van der Waals surface area (Å²) in [6.45, 7) is -0.418. The lowest BCUT2D eigenvalue weighted by Gasteiger charge is -2.40. The van der Waals surface area contributed by atoms with Crippen molar-refractivity contribution >= 4 is 47.6 Å². The number of benzene rings is 2. The van der Waals surface area contributed by atoms with Crippen molar-refractivity contribution in [3.63, 3.8) is 0 Å². The number of hydrogen-bond donors (Lipinski definition) is 1. The first kappa shape index (κ1) is 23.9. The van der Waals surface area contributed by atoms with Crippen molar-refractivity contribution < 1.29 is 37.4 Å². The molecule has 1 aliphatic rings. The molecule has 2 N–H and O–H groups in total. The highest BCUT2D eigenvalue weighted by Crippen LogP contribution is 3.02. The molecule has 1 aliphatic heterocycles. The van der Waals surface area contributed by atoms with Crippen molar-refractivity contribution in [3.05, 3.63) is 59.0 Å². The van der Waals surface area contributed by atoms with E-state index in [4.69, 9.17) is 10.5 Å². The van der Waals surface area contributed by atoms with Crippen molar-refractivity contribution in [2.45, 2.75) is 15.9 Å². The maximum atomic E-state index is 13.0. The van der Waals surface area contributed by atoms with E-state index in [-0.39, 0.29) is 36.7 Å². The Hall–Kier alpha value is -2.26. The minimum absolute atomic E-state index is 0.0595. The quantitative estimate of drug-likeness (QED) is 0.448. The third-order valence-corrected chi connectivity index (χ3v) is 9.36. The number of nitrogens with zero attached hydrogens (tertiary/aromatic N) is 1. The number of hydrogen-bond acceptors (Lipinski definition) is 5. The van der Waals surface area contributed by atoms with Crippen LogP contribution in [0.3, 0.4) is 0 Å². The van der Waals surface area contributed by atoms with E-state index in [2.05, 4.69) is 0 Å². The van der Waals surface area contributed by atoms with Gasteiger partial charge in [-0.2, -0.15) is 4.31 Å². The molecule has 0 radical (unpaired) electrons. The summed E-state index contributed by atoms with van der Waals surface area (Å²) in [7, 11) is -14.3. The molecule has 4 rings (SSSR count). The number of carbonyl (C=O) groups is 1. The highest BCUT2D eigenvalue weighted by atomic mass is 32.5. The Morgan fingerprint density at radius 2 is 1.70 bits per heavy atom. The van der Waals surface area contributed by atoms with Crippen molar-refractivity contribution in [2.24, 2.45) is 5.73 Å². The molecular formula is C19H17F5N2O4S3. The smallest absolute Gasteiger partial charge is 0.310 e. The zero-order valence-corrected chi connectivity index (χ0v) is 19.0. The van der Waals surface area contributed by atoms with Crippen LogP contribution in [0.4, 0.5) is 19.4 Å². The van der Waals surface area contributed by atoms with Gasteiger partial charge in [0.1, 0.15) is 4.90 Å². The second-order valence-electron chi connectivity index (χ2n) is 7.37. The fourth-order valence-corrected chi connectivity index (χ4v) is 6.79. The molecule has 2 aromatic carbocycles. The lowest BCUT2D eigenvalue weighted by atomic mass is 10.0. The van der Waals surface area contributed by atoms with E-state index in [9.17, 15) is 32.6 Å². The van der Waals surface area contributed by atoms with Crippen LogP contribution in [0.1, 0.15) is 21.3 Å². The number of primary amides is 1. The zero-order chi connectivity index (χ0) is 24.3. The van der Waals surface area contributed by atoms with Gasteiger partial charge in [0.05, 0.1) is 22.5 Å². The number of carbonyl (C=O) groups excluding carboxylic acids is 1. The van der Waals surface area contributed by atoms with Crippen LogP contribution in [-0.2, 0) is 14.8 Å². The van der Waals surface area contributed by atoms with Gasteiger partial charge in [0.25, 0.3) is 5.91 Å². The second-order valence-corrected chi connectivity index (χ2v) is 12.8. The molecule has 0 spiro atoms. The molecule has 1 atom stereocenters. The van der Waals surface area contributed by atoms with E-state index in [0.29, 0.717) is 23.1 Å². The Morgan fingerprint density at radius 3 is 2.30 bits per heavy atom. The number of halogens is 5. The molecular weight excluding hydrogens is 511 g/mol. The molecule has 1 saturated heterocycles. The van der Waals surface area contributed by atoms with Crippen LogP contribution in [0.15, 0.2) is 58.3 Å². The number of nitrogens with two attached hydrogens (primary N) is 1. The van der Waals surface area contributed by atoms with Crippen LogP contribution in [0.5, 0.6) is 0 Å². The molecule has 0 bridgehead atoms. The van der Waals surface area contributed by atoms with Crippen LogP contribution in [0.25, 0.3) is 10.1 Å². The third-order valence-electron chi connectivity index (χ3n) is 5.12. The number of rotatable bonds is 5. The molecule has 3 aromatic rings. The maximum absolute atomic E-state index is 13.0. The Bertz CT molecular complexity index is 1360. The van der Waals surface area contributed by atoms with Crippen LogP contribution >= 0.6 is 21.6 Å². The Labute approximate surface area is 189 Å². The minimum Gasteiger partial charge on any atom is -0.371 e. The monoisotopic (exact) mass is 528 g/mol. The van der Waals surface area contributed by atoms with E-state index in [1.54, 1.807) is 24.3 Å². The Morgan fingerprint density at radius 1 is 1.06 bits per heavy atom. The van der Waals surface area contributed by atoms with Crippen molar-refractivity contribution in [1.29, 1.82) is 0 Å². The second kappa shape index (κ2) is 7.12. The lowest BCUT2D eigenvalue weighted by Crippen LogP contribution is -2.42. The number of thiophene rings is 1. The van der Waals surface area contributed by atoms with Gasteiger partial charge in [-0.1, -0.05) is 37.6 Å². The van der Waals surface area contributed by atoms with Crippen molar-refractivity contribution in [2.75, 3.05) is 19.7 Å². The van der Waals surface area contributed by atoms with E-state index < -0.39 is 42.0 Å². The SMILES string of the molecule is NC(=O)c1sc2ccccc2c1C1CN(S(=O)(=O)c2ccc(S(F)(F)(F)(F)F)cc2)CCO1. The summed E-state index contributed by atoms with van der Waals surface area (Å²) >= 11 is 1.14. The van der Waals surface area contributed by atoms with Crippen LogP contribution in [0.2, 0.25) is 0 Å². The number of ether oxygens (including phenoxy) is 1. The van der Waals surface area contributed by atoms with Crippen LogP contribution < -0.4 is 5.73 Å². The van der Waals surface area contributed by atoms with Gasteiger partial charge >= 0.3 is 10.2 Å². The van der Waals surface area contributed by atoms with Gasteiger partial charge in [-0.15, -0.1) is 11.3 Å². The first-order valence-electron chi connectivity index (χ1n) is 9.35. The van der Waals surface area contributed by atoms with Crippen LogP contribution in [0, 0.1) is 0 Å². The van der Waals surface area contributed by atoms with E-state index in [0.717, 1.165) is 20.3 Å². The minimum atomic E-state index is -9.93. The molecule has 0 aliphatic carbocycles. The first-order valence-corrected chi connectivity index (χ1v) is 13.6. The molecule has 1 fully saturated rings. The predicted octanol–water partition coefficient (Wildman–Crippen LogP) is 5.42. The highest BCUT2D eigenvalue weighted by molar-refractivity contribution is 8.45. The molecule has 180 valence electrons. The van der Waals surface area contributed by atoms with Gasteiger partial charge in [0.15, 0.2) is 0 Å². The predicted molar refractivity (Wildman–Crippen MR) is 116 cm³/mol. The average molecular weight is 529 g/mol. The van der Waals surface area contributed by atoms with Crippen molar-refractivity contribution in [1.82, 2.24) is 4.31 Å². The maximum Gasteiger partial charge on any atom is 0.310 e. The fourth-order valence-electron chi connectivity index (χ4n) is 3.60. The summed E-state index contributed by atoms with van der Waals surface area (Å²) < 4.78 is 98.3. The molecule has 1 unspecified atom stereocenters. The lowest BCUT2D eigenvalue weighted by molar-refractivity contribution is -0.00188. The molecule has 1 amide bonds. The molecule has 33 heavy (non-hydrogen) atoms. The topological polar surface area (TPSA) is 89.7 Å². The first-order chi connectivity index (χ1) is 15.1. The molecule has 2 heterocycles. The third kappa shape index (κ3) is 4.57. The van der Waals surface area contributed by atoms with E-state index in [1.807, 2.05) is 0 Å². The largest absolute Gasteiger partial charge is 0.371 e. The van der Waals surface area contributed by atoms with E-state index >= 15 is 0 Å². The van der Waals surface area contributed by atoms with Gasteiger partial charge in [-0.05, 0) is 35.7 Å². The Kier molecular flexibility index (Phi) is 5.15. The zero-order valence-electron chi connectivity index (χ0n) is 16.6. The van der Waals surface area contributed by atoms with E-state index in [1.165, 1.54) is 0 Å². The van der Waals surface area contributed by atoms with Gasteiger partial charge < -0.3 is 10.5 Å². The van der Waals surface area contributed by atoms with Gasteiger partial charge in [0, 0.05) is 23.4 Å². The van der Waals surface area contributed by atoms with Crippen molar-refractivity contribution in [3.8, 4) is 0 Å². The van der Waals surface area contributed by atoms with Gasteiger partial charge in [0.2, 0.25) is 10.0 Å². The summed E-state index contributed by atoms with van der Waals surface area (Å²) in [4.78, 5) is 9.46. The average Bonchev–Trinajstić information content (AvgIpc) is 3.12. The molecule has 0 saturated carbocycles. The van der Waals surface area contributed by atoms with Gasteiger partial charge in [-0.25, -0.2) is 8.42 Å². The normalized spacial score (nSPS) is 20.3. The summed E-state index contributed by atoms with van der Waals surface area (Å²) in [5.74, 6) is -0.707. The molecule has 14 heteroatoms. The summed E-state index contributed by atoms with van der Waals surface area (Å²) in [5.41, 5.74) is 5.93. The number of sulfonamides is 1. The van der Waals surface area contributed by atoms with Crippen LogP contribution in [-0.4, -0.2) is 38.3 Å². The summed E-state index contributed by atoms with van der Waals surface area (Å²) in [5, 5.41) is 0.667. The van der Waals surface area contributed by atoms with Gasteiger partial charge in [-0.3, -0.25) is 4.79 Å². The Balaban J connectivity index is 1.68. The standard InChI is InChI=1S/C19H17F5N2O4S3/c20-33(21,22,23,24)13-7-5-12(6-8-13)32(28,29)26-9-10-30-15(11-26)17-14-3-1-2-4-16(14)31-18(17)19(25)27/h1-8,15H,9-11H2,(H2,25,27). The summed E-state index contributed by atoms with van der Waals surface area (Å²) in [6, 6.07) is 8.14. The fraction of sp³-hybridized carbons (Fsp3) is 0.211. The number of amides is 1.